The molecule has 10 nitrogen and oxygen atoms in total. The van der Waals surface area contributed by atoms with Crippen LogP contribution in [-0.4, -0.2) is 33.5 Å². The minimum Gasteiger partial charge on any atom is -0.379 e. The fourth-order valence-electron chi connectivity index (χ4n) is 1.87. The van der Waals surface area contributed by atoms with E-state index < -0.39 is 15.0 Å². The van der Waals surface area contributed by atoms with Gasteiger partial charge < -0.3 is 4.18 Å². The minimum absolute atomic E-state index is 0.0568. The highest BCUT2D eigenvalue weighted by Crippen LogP contribution is 2.22. The summed E-state index contributed by atoms with van der Waals surface area (Å²) in [5.74, 6) is 0.0568. The number of tetrazole rings is 1. The molecule has 0 unspecified atom stereocenters. The summed E-state index contributed by atoms with van der Waals surface area (Å²) in [6.45, 7) is 0. The highest BCUT2D eigenvalue weighted by molar-refractivity contribution is 7.87. The first-order valence-corrected chi connectivity index (χ1v) is 7.89. The van der Waals surface area contributed by atoms with Crippen molar-refractivity contribution in [3.8, 4) is 11.4 Å². The molecule has 0 amide bonds. The van der Waals surface area contributed by atoms with Crippen LogP contribution in [0.25, 0.3) is 5.69 Å². The lowest BCUT2D eigenvalue weighted by Gasteiger charge is -2.08. The quantitative estimate of drug-likeness (QED) is 0.384. The summed E-state index contributed by atoms with van der Waals surface area (Å²) in [4.78, 5) is 9.80. The Labute approximate surface area is 135 Å². The van der Waals surface area contributed by atoms with E-state index >= 15 is 0 Å². The van der Waals surface area contributed by atoms with Gasteiger partial charge in [0, 0.05) is 18.2 Å². The molecule has 0 aliphatic heterocycles. The summed E-state index contributed by atoms with van der Waals surface area (Å²) >= 11 is 0. The van der Waals surface area contributed by atoms with E-state index in [1.165, 1.54) is 23.1 Å². The minimum atomic E-state index is -4.12. The number of hydrogen-bond acceptors (Lipinski definition) is 8. The summed E-state index contributed by atoms with van der Waals surface area (Å²) in [5.41, 5.74) is 0.297. The smallest absolute Gasteiger partial charge is 0.339 e. The van der Waals surface area contributed by atoms with Crippen LogP contribution in [0, 0.1) is 10.1 Å². The van der Waals surface area contributed by atoms with E-state index in [1.807, 2.05) is 0 Å². The highest BCUT2D eigenvalue weighted by atomic mass is 32.2. The van der Waals surface area contributed by atoms with E-state index in [4.69, 9.17) is 4.18 Å². The second-order valence-electron chi connectivity index (χ2n) is 4.54. The highest BCUT2D eigenvalue weighted by Gasteiger charge is 2.18. The Kier molecular flexibility index (Phi) is 3.92. The molecule has 3 rings (SSSR count). The summed E-state index contributed by atoms with van der Waals surface area (Å²) in [6, 6.07) is 10.5. The zero-order valence-corrected chi connectivity index (χ0v) is 12.7. The third-order valence-electron chi connectivity index (χ3n) is 2.97. The Morgan fingerprint density at radius 3 is 2.50 bits per heavy atom. The lowest BCUT2D eigenvalue weighted by molar-refractivity contribution is -0.384. The zero-order valence-electron chi connectivity index (χ0n) is 11.9. The first kappa shape index (κ1) is 15.6. The molecule has 2 aromatic carbocycles. The standard InChI is InChI=1S/C13H9N5O5S/c19-18(20)10-4-6-13(7-5-10)24(21,22)23-12-3-1-2-11(8-12)17-9-14-15-16-17/h1-9H. The molecule has 3 aromatic rings. The van der Waals surface area contributed by atoms with Crippen molar-refractivity contribution < 1.29 is 17.5 Å². The summed E-state index contributed by atoms with van der Waals surface area (Å²) in [7, 11) is -4.12. The van der Waals surface area contributed by atoms with Crippen molar-refractivity contribution in [2.24, 2.45) is 0 Å². The van der Waals surface area contributed by atoms with Crippen LogP contribution < -0.4 is 4.18 Å². The number of nitro benzene ring substituents is 1. The van der Waals surface area contributed by atoms with Crippen molar-refractivity contribution in [1.29, 1.82) is 0 Å². The molecule has 122 valence electrons. The first-order chi connectivity index (χ1) is 11.5. The maximum absolute atomic E-state index is 12.2. The van der Waals surface area contributed by atoms with Crippen LogP contribution in [0.3, 0.4) is 0 Å². The molecule has 0 saturated heterocycles. The van der Waals surface area contributed by atoms with Crippen molar-refractivity contribution in [2.75, 3.05) is 0 Å². The largest absolute Gasteiger partial charge is 0.379 e. The van der Waals surface area contributed by atoms with E-state index in [-0.39, 0.29) is 16.3 Å². The van der Waals surface area contributed by atoms with Gasteiger partial charge in [0.05, 0.1) is 10.6 Å². The molecule has 0 radical (unpaired) electrons. The summed E-state index contributed by atoms with van der Waals surface area (Å²) in [5, 5.41) is 21.3. The predicted molar refractivity (Wildman–Crippen MR) is 80.1 cm³/mol. The van der Waals surface area contributed by atoms with Gasteiger partial charge in [-0.15, -0.1) is 5.10 Å². The van der Waals surface area contributed by atoms with E-state index in [9.17, 15) is 18.5 Å². The molecule has 1 aromatic heterocycles. The monoisotopic (exact) mass is 347 g/mol. The molecular weight excluding hydrogens is 338 g/mol. The SMILES string of the molecule is O=[N+]([O-])c1ccc(S(=O)(=O)Oc2cccc(-n3cnnn3)c2)cc1. The van der Waals surface area contributed by atoms with Gasteiger partial charge in [0.1, 0.15) is 17.0 Å². The Bertz CT molecular complexity index is 970. The number of nitro groups is 1. The fraction of sp³-hybridized carbons (Fsp3) is 0. The Hall–Kier alpha value is -3.34. The normalized spacial score (nSPS) is 11.2. The lowest BCUT2D eigenvalue weighted by Crippen LogP contribution is -2.10. The van der Waals surface area contributed by atoms with Gasteiger partial charge >= 0.3 is 10.1 Å². The van der Waals surface area contributed by atoms with Gasteiger partial charge in [0.2, 0.25) is 0 Å². The lowest BCUT2D eigenvalue weighted by atomic mass is 10.3. The van der Waals surface area contributed by atoms with Crippen molar-refractivity contribution in [2.45, 2.75) is 4.90 Å². The van der Waals surface area contributed by atoms with Gasteiger partial charge in [-0.3, -0.25) is 10.1 Å². The van der Waals surface area contributed by atoms with Crippen LogP contribution in [-0.2, 0) is 10.1 Å². The van der Waals surface area contributed by atoms with Crippen LogP contribution in [0.1, 0.15) is 0 Å². The molecule has 0 bridgehead atoms. The van der Waals surface area contributed by atoms with Crippen LogP contribution in [0.2, 0.25) is 0 Å². The van der Waals surface area contributed by atoms with E-state index in [0.29, 0.717) is 5.69 Å². The van der Waals surface area contributed by atoms with Gasteiger partial charge in [-0.25, -0.2) is 4.68 Å². The Morgan fingerprint density at radius 1 is 1.12 bits per heavy atom. The number of rotatable bonds is 5. The van der Waals surface area contributed by atoms with Crippen LogP contribution in [0.4, 0.5) is 5.69 Å². The molecule has 0 N–H and O–H groups in total. The average molecular weight is 347 g/mol. The third-order valence-corrected chi connectivity index (χ3v) is 4.23. The topological polar surface area (TPSA) is 130 Å². The van der Waals surface area contributed by atoms with Crippen LogP contribution in [0.15, 0.2) is 59.8 Å². The number of non-ortho nitro benzene ring substituents is 1. The van der Waals surface area contributed by atoms with Crippen LogP contribution >= 0.6 is 0 Å². The summed E-state index contributed by atoms with van der Waals surface area (Å²) < 4.78 is 30.9. The molecule has 0 saturated carbocycles. The molecule has 24 heavy (non-hydrogen) atoms. The Balaban J connectivity index is 1.87. The number of nitrogens with zero attached hydrogens (tertiary/aromatic N) is 5. The second-order valence-corrected chi connectivity index (χ2v) is 6.09. The number of benzene rings is 2. The van der Waals surface area contributed by atoms with E-state index in [0.717, 1.165) is 24.3 Å². The fourth-order valence-corrected chi connectivity index (χ4v) is 2.79. The van der Waals surface area contributed by atoms with Crippen molar-refractivity contribution in [3.63, 3.8) is 0 Å². The number of hydrogen-bond donors (Lipinski definition) is 0. The molecular formula is C13H9N5O5S. The molecule has 0 aliphatic carbocycles. The molecule has 1 heterocycles. The second kappa shape index (κ2) is 6.04. The molecule has 0 aliphatic rings. The maximum atomic E-state index is 12.2. The molecule has 0 atom stereocenters. The molecule has 0 spiro atoms. The van der Waals surface area contributed by atoms with Crippen molar-refractivity contribution in [1.82, 2.24) is 20.2 Å². The van der Waals surface area contributed by atoms with Gasteiger partial charge in [0.25, 0.3) is 5.69 Å². The zero-order chi connectivity index (χ0) is 17.2. The van der Waals surface area contributed by atoms with Gasteiger partial charge in [-0.05, 0) is 34.7 Å². The van der Waals surface area contributed by atoms with E-state index in [1.54, 1.807) is 12.1 Å². The summed E-state index contributed by atoms with van der Waals surface area (Å²) in [6.07, 6.45) is 1.35. The van der Waals surface area contributed by atoms with Gasteiger partial charge in [0.15, 0.2) is 0 Å². The van der Waals surface area contributed by atoms with Gasteiger partial charge in [-0.2, -0.15) is 8.42 Å². The van der Waals surface area contributed by atoms with Crippen molar-refractivity contribution >= 4 is 15.8 Å². The predicted octanol–water partition coefficient (Wildman–Crippen LogP) is 1.34. The molecule has 0 fully saturated rings. The average Bonchev–Trinajstić information content (AvgIpc) is 3.09. The van der Waals surface area contributed by atoms with E-state index in [2.05, 4.69) is 15.5 Å². The first-order valence-electron chi connectivity index (χ1n) is 6.48. The van der Waals surface area contributed by atoms with Gasteiger partial charge in [-0.1, -0.05) is 6.07 Å². The number of aromatic nitrogens is 4. The van der Waals surface area contributed by atoms with Crippen molar-refractivity contribution in [3.05, 3.63) is 65.0 Å². The third kappa shape index (κ3) is 3.20. The molecule has 11 heteroatoms. The Morgan fingerprint density at radius 2 is 1.88 bits per heavy atom. The van der Waals surface area contributed by atoms with Crippen LogP contribution in [0.5, 0.6) is 5.75 Å². The maximum Gasteiger partial charge on any atom is 0.339 e.